The van der Waals surface area contributed by atoms with Gasteiger partial charge in [0.05, 0.1) is 22.6 Å². The number of hydrogen-bond acceptors (Lipinski definition) is 4. The van der Waals surface area contributed by atoms with Crippen molar-refractivity contribution in [3.05, 3.63) is 70.3 Å². The molecule has 4 atom stereocenters. The van der Waals surface area contributed by atoms with E-state index < -0.39 is 38.2 Å². The SMILES string of the molecule is C=C(/C=C\C(Cl)=C/C)[C@@H]1C(c2cccc(Cl)c2)C[C@](C)(CC(=O)O)C(=O)N1[C@@H](CC)CN(C)S(=O)(=O)C(C)(C)C. The van der Waals surface area contributed by atoms with Gasteiger partial charge in [-0.25, -0.2) is 12.7 Å². The monoisotopic (exact) mass is 612 g/mol. The number of carbonyl (C=O) groups excluding carboxylic acids is 1. The largest absolute Gasteiger partial charge is 0.481 e. The molecule has 1 aliphatic heterocycles. The number of halogens is 2. The van der Waals surface area contributed by atoms with Crippen LogP contribution in [0.3, 0.4) is 0 Å². The van der Waals surface area contributed by atoms with Gasteiger partial charge < -0.3 is 10.0 Å². The summed E-state index contributed by atoms with van der Waals surface area (Å²) in [5.74, 6) is -1.79. The van der Waals surface area contributed by atoms with Crippen LogP contribution in [-0.4, -0.2) is 65.0 Å². The molecule has 0 spiro atoms. The molecule has 222 valence electrons. The lowest BCUT2D eigenvalue weighted by molar-refractivity contribution is -0.159. The third-order valence-electron chi connectivity index (χ3n) is 7.55. The molecule has 40 heavy (non-hydrogen) atoms. The van der Waals surface area contributed by atoms with Gasteiger partial charge in [0.15, 0.2) is 0 Å². The number of nitrogens with zero attached hydrogens (tertiary/aromatic N) is 2. The minimum Gasteiger partial charge on any atom is -0.481 e. The molecule has 0 bridgehead atoms. The van der Waals surface area contributed by atoms with E-state index in [1.54, 1.807) is 63.8 Å². The van der Waals surface area contributed by atoms with Crippen molar-refractivity contribution in [1.82, 2.24) is 9.21 Å². The van der Waals surface area contributed by atoms with E-state index in [1.807, 2.05) is 25.1 Å². The fourth-order valence-electron chi connectivity index (χ4n) is 5.32. The van der Waals surface area contributed by atoms with Gasteiger partial charge in [-0.1, -0.05) is 67.9 Å². The first kappa shape index (κ1) is 34.1. The molecule has 0 radical (unpaired) electrons. The molecular formula is C30H42Cl2N2O5S. The van der Waals surface area contributed by atoms with Gasteiger partial charge in [0.25, 0.3) is 0 Å². The minimum absolute atomic E-state index is 0.0381. The summed E-state index contributed by atoms with van der Waals surface area (Å²) in [6.07, 6.45) is 5.50. The lowest BCUT2D eigenvalue weighted by Crippen LogP contribution is -2.62. The number of carboxylic acids is 1. The average Bonchev–Trinajstić information content (AvgIpc) is 2.85. The maximum Gasteiger partial charge on any atom is 0.304 e. The fourth-order valence-corrected chi connectivity index (χ4v) is 6.89. The van der Waals surface area contributed by atoms with Gasteiger partial charge in [-0.3, -0.25) is 9.59 Å². The Morgan fingerprint density at radius 3 is 2.45 bits per heavy atom. The predicted octanol–water partition coefficient (Wildman–Crippen LogP) is 6.60. The van der Waals surface area contributed by atoms with Crippen LogP contribution in [0.25, 0.3) is 0 Å². The summed E-state index contributed by atoms with van der Waals surface area (Å²) in [5.41, 5.74) is 0.189. The highest BCUT2D eigenvalue weighted by atomic mass is 35.5. The fraction of sp³-hybridized carbons (Fsp3) is 0.533. The smallest absolute Gasteiger partial charge is 0.304 e. The first-order chi connectivity index (χ1) is 18.4. The van der Waals surface area contributed by atoms with Crippen molar-refractivity contribution in [2.75, 3.05) is 13.6 Å². The van der Waals surface area contributed by atoms with Crippen LogP contribution < -0.4 is 0 Å². The lowest BCUT2D eigenvalue weighted by Gasteiger charge is -2.52. The quantitative estimate of drug-likeness (QED) is 0.284. The summed E-state index contributed by atoms with van der Waals surface area (Å²) in [5, 5.41) is 10.8. The standard InChI is InChI=1S/C30H42Cl2N2O5S/c1-9-22(31)15-14-20(3)27-25(21-12-11-13-23(32)16-21)17-30(7,18-26(35)36)28(37)34(27)24(10-2)19-33(8)40(38,39)29(4,5)6/h9,11-16,24-25,27H,3,10,17-19H2,1-2,4-8H3,(H,35,36)/b15-14-,22-9+/t24-,25?,27+,30+/m0/s1. The van der Waals surface area contributed by atoms with Gasteiger partial charge in [0.1, 0.15) is 0 Å². The summed E-state index contributed by atoms with van der Waals surface area (Å²) in [6.45, 7) is 14.6. The first-order valence-corrected chi connectivity index (χ1v) is 15.5. The van der Waals surface area contributed by atoms with Gasteiger partial charge in [0, 0.05) is 35.6 Å². The number of piperidine rings is 1. The third kappa shape index (κ3) is 7.58. The maximum absolute atomic E-state index is 14.3. The summed E-state index contributed by atoms with van der Waals surface area (Å²) in [4.78, 5) is 28.0. The molecule has 7 nitrogen and oxygen atoms in total. The molecule has 1 fully saturated rings. The van der Waals surface area contributed by atoms with Crippen LogP contribution in [0.5, 0.6) is 0 Å². The second-order valence-corrected chi connectivity index (χ2v) is 15.4. The molecule has 1 N–H and O–H groups in total. The Morgan fingerprint density at radius 2 is 1.95 bits per heavy atom. The summed E-state index contributed by atoms with van der Waals surface area (Å²) < 4.78 is 26.8. The molecule has 1 aliphatic rings. The molecular weight excluding hydrogens is 571 g/mol. The van der Waals surface area contributed by atoms with Crippen LogP contribution in [-0.2, 0) is 19.6 Å². The molecule has 1 unspecified atom stereocenters. The van der Waals surface area contributed by atoms with Crippen LogP contribution in [0.4, 0.5) is 0 Å². The zero-order valence-corrected chi connectivity index (χ0v) is 26.8. The number of rotatable bonds is 11. The number of likely N-dealkylation sites (tertiary alicyclic amines) is 1. The van der Waals surface area contributed by atoms with E-state index in [0.717, 1.165) is 5.56 Å². The normalized spacial score (nSPS) is 23.6. The number of hydrogen-bond donors (Lipinski definition) is 1. The Balaban J connectivity index is 2.79. The molecule has 1 aromatic carbocycles. The van der Waals surface area contributed by atoms with E-state index in [-0.39, 0.29) is 31.2 Å². The topological polar surface area (TPSA) is 95.0 Å². The molecule has 0 aromatic heterocycles. The van der Waals surface area contributed by atoms with Crippen LogP contribution in [0.1, 0.15) is 72.3 Å². The second kappa shape index (κ2) is 13.2. The van der Waals surface area contributed by atoms with Crippen LogP contribution >= 0.6 is 23.2 Å². The van der Waals surface area contributed by atoms with Gasteiger partial charge in [0.2, 0.25) is 15.9 Å². The summed E-state index contributed by atoms with van der Waals surface area (Å²) >= 11 is 12.6. The molecule has 1 saturated heterocycles. The van der Waals surface area contributed by atoms with Crippen LogP contribution in [0, 0.1) is 5.41 Å². The van der Waals surface area contributed by atoms with Crippen LogP contribution in [0.15, 0.2) is 59.7 Å². The average molecular weight is 614 g/mol. The lowest BCUT2D eigenvalue weighted by atomic mass is 9.67. The Bertz CT molecular complexity index is 1290. The van der Waals surface area contributed by atoms with Crippen molar-refractivity contribution in [2.45, 2.75) is 83.6 Å². The van der Waals surface area contributed by atoms with Crippen molar-refractivity contribution in [3.63, 3.8) is 0 Å². The molecule has 1 amide bonds. The van der Waals surface area contributed by atoms with Crippen molar-refractivity contribution in [1.29, 1.82) is 0 Å². The molecule has 0 aliphatic carbocycles. The number of carboxylic acid groups (broad SMARTS) is 1. The third-order valence-corrected chi connectivity index (χ3v) is 10.6. The number of sulfonamides is 1. The van der Waals surface area contributed by atoms with E-state index >= 15 is 0 Å². The zero-order valence-electron chi connectivity index (χ0n) is 24.4. The second-order valence-electron chi connectivity index (χ2n) is 11.7. The number of carbonyl (C=O) groups is 2. The zero-order chi connectivity index (χ0) is 30.6. The number of amides is 1. The van der Waals surface area contributed by atoms with Gasteiger partial charge in [-0.15, -0.1) is 0 Å². The molecule has 10 heteroatoms. The first-order valence-electron chi connectivity index (χ1n) is 13.3. The Hall–Kier alpha value is -2.13. The highest BCUT2D eigenvalue weighted by molar-refractivity contribution is 7.90. The Labute approximate surface area is 249 Å². The van der Waals surface area contributed by atoms with E-state index in [0.29, 0.717) is 22.0 Å². The molecule has 0 saturated carbocycles. The van der Waals surface area contributed by atoms with E-state index in [9.17, 15) is 23.1 Å². The highest BCUT2D eigenvalue weighted by Crippen LogP contribution is 2.48. The predicted molar refractivity (Wildman–Crippen MR) is 163 cm³/mol. The van der Waals surface area contributed by atoms with Crippen LogP contribution in [0.2, 0.25) is 5.02 Å². The molecule has 1 heterocycles. The number of allylic oxidation sites excluding steroid dienone is 3. The van der Waals surface area contributed by atoms with Gasteiger partial charge in [-0.2, -0.15) is 0 Å². The van der Waals surface area contributed by atoms with Crippen molar-refractivity contribution < 1.29 is 23.1 Å². The Morgan fingerprint density at radius 1 is 1.32 bits per heavy atom. The highest BCUT2D eigenvalue weighted by Gasteiger charge is 2.52. The number of aliphatic carboxylic acids is 1. The Kier molecular flexibility index (Phi) is 11.3. The van der Waals surface area contributed by atoms with E-state index in [1.165, 1.54) is 11.4 Å². The van der Waals surface area contributed by atoms with Crippen molar-refractivity contribution in [3.8, 4) is 0 Å². The van der Waals surface area contributed by atoms with Crippen molar-refractivity contribution in [2.24, 2.45) is 5.41 Å². The number of benzene rings is 1. The number of likely N-dealkylation sites (N-methyl/N-ethyl adjacent to an activating group) is 1. The molecule has 1 aromatic rings. The summed E-state index contributed by atoms with van der Waals surface area (Å²) in [7, 11) is -2.18. The molecule has 2 rings (SSSR count). The van der Waals surface area contributed by atoms with E-state index in [2.05, 4.69) is 6.58 Å². The van der Waals surface area contributed by atoms with Crippen molar-refractivity contribution >= 4 is 45.1 Å². The summed E-state index contributed by atoms with van der Waals surface area (Å²) in [6, 6.07) is 6.15. The minimum atomic E-state index is -3.70. The van der Waals surface area contributed by atoms with Gasteiger partial charge >= 0.3 is 5.97 Å². The van der Waals surface area contributed by atoms with Gasteiger partial charge in [-0.05, 0) is 69.9 Å². The van der Waals surface area contributed by atoms with E-state index in [4.69, 9.17) is 23.2 Å². The maximum atomic E-state index is 14.3.